The maximum absolute atomic E-state index is 12.7. The number of furan rings is 1. The Bertz CT molecular complexity index is 1150. The maximum atomic E-state index is 12.7. The first-order chi connectivity index (χ1) is 14.2. The van der Waals surface area contributed by atoms with Gasteiger partial charge in [-0.25, -0.2) is 9.48 Å². The smallest absolute Gasteiger partial charge is 0.425 e. The zero-order valence-corrected chi connectivity index (χ0v) is 16.6. The van der Waals surface area contributed by atoms with Crippen LogP contribution in [0, 0.1) is 6.92 Å². The van der Waals surface area contributed by atoms with Crippen LogP contribution >= 0.6 is 11.3 Å². The molecule has 0 aliphatic carbocycles. The molecule has 4 rings (SSSR count). The summed E-state index contributed by atoms with van der Waals surface area (Å²) in [4.78, 5) is 17.6. The van der Waals surface area contributed by atoms with E-state index < -0.39 is 22.8 Å². The Kier molecular flexibility index (Phi) is 5.24. The molecule has 3 aromatic rings. The number of aliphatic hydroxyl groups is 1. The number of aromatic nitrogens is 3. The number of hydrogen-bond donors (Lipinski definition) is 1. The first-order valence-electron chi connectivity index (χ1n) is 9.00. The first-order valence-corrected chi connectivity index (χ1v) is 9.82. The topological polar surface area (TPSA) is 84.4 Å². The summed E-state index contributed by atoms with van der Waals surface area (Å²) >= 11 is 0.563. The number of aliphatic hydroxyl groups excluding tert-OH is 1. The van der Waals surface area contributed by atoms with Gasteiger partial charge < -0.3 is 14.4 Å². The van der Waals surface area contributed by atoms with E-state index in [0.717, 1.165) is 16.5 Å². The number of nitrogens with zero attached hydrogens (tertiary/aromatic N) is 4. The maximum Gasteiger partial charge on any atom is 0.425 e. The van der Waals surface area contributed by atoms with Crippen LogP contribution in [0.15, 0.2) is 45.8 Å². The molecule has 0 spiro atoms. The molecule has 0 amide bonds. The van der Waals surface area contributed by atoms with Crippen LogP contribution in [0.1, 0.15) is 21.3 Å². The van der Waals surface area contributed by atoms with Crippen LogP contribution in [-0.2, 0) is 12.7 Å². The van der Waals surface area contributed by atoms with Crippen molar-refractivity contribution in [3.8, 4) is 0 Å². The van der Waals surface area contributed by atoms with Crippen molar-refractivity contribution in [1.29, 1.82) is 0 Å². The van der Waals surface area contributed by atoms with Crippen molar-refractivity contribution in [2.45, 2.75) is 25.7 Å². The van der Waals surface area contributed by atoms with Gasteiger partial charge in [-0.1, -0.05) is 6.08 Å². The van der Waals surface area contributed by atoms with E-state index in [2.05, 4.69) is 10.1 Å². The number of alkyl halides is 3. The summed E-state index contributed by atoms with van der Waals surface area (Å²) in [5.41, 5.74) is -0.0146. The molecule has 30 heavy (non-hydrogen) atoms. The van der Waals surface area contributed by atoms with Crippen LogP contribution < -0.4 is 10.6 Å². The number of halogens is 3. The average molecular weight is 438 g/mol. The molecule has 1 N–H and O–H groups in total. The minimum absolute atomic E-state index is 0.0998. The number of thiophene rings is 1. The van der Waals surface area contributed by atoms with Gasteiger partial charge in [0, 0.05) is 17.0 Å². The molecule has 0 bridgehead atoms. The first kappa shape index (κ1) is 20.4. The second kappa shape index (κ2) is 7.73. The summed E-state index contributed by atoms with van der Waals surface area (Å²) in [7, 11) is 0. The van der Waals surface area contributed by atoms with E-state index >= 15 is 0 Å². The highest BCUT2D eigenvalue weighted by Crippen LogP contribution is 2.34. The van der Waals surface area contributed by atoms with Gasteiger partial charge in [0.15, 0.2) is 5.82 Å². The Morgan fingerprint density at radius 1 is 1.30 bits per heavy atom. The third-order valence-corrected chi connectivity index (χ3v) is 5.74. The second-order valence-corrected chi connectivity index (χ2v) is 7.98. The molecule has 7 nitrogen and oxygen atoms in total. The molecule has 0 aromatic carbocycles. The molecular formula is C19H17F3N4O3S. The standard InChI is InChI=1S/C19H17F3N4O3S/c1-11-2-4-15(29-11)13-6-7-25(10-14(13)27)17-8-23-26(18(28)24-17)9-12-3-5-16(30-12)19(20,21)22/h2-6,8,14,27H,7,9-10H2,1H3/t14-/m0/s1. The van der Waals surface area contributed by atoms with Gasteiger partial charge in [0.1, 0.15) is 16.4 Å². The lowest BCUT2D eigenvalue weighted by atomic mass is 10.0. The molecule has 11 heteroatoms. The molecule has 1 atom stereocenters. The Labute approximate surface area is 172 Å². The Balaban J connectivity index is 1.49. The van der Waals surface area contributed by atoms with Crippen LogP contribution in [0.2, 0.25) is 0 Å². The van der Waals surface area contributed by atoms with Crippen LogP contribution in [0.5, 0.6) is 0 Å². The van der Waals surface area contributed by atoms with Gasteiger partial charge in [0.05, 0.1) is 25.4 Å². The van der Waals surface area contributed by atoms with Crippen LogP contribution in [0.4, 0.5) is 19.0 Å². The van der Waals surface area contributed by atoms with Gasteiger partial charge in [0.2, 0.25) is 0 Å². The van der Waals surface area contributed by atoms with Gasteiger partial charge in [-0.05, 0) is 31.2 Å². The van der Waals surface area contributed by atoms with E-state index in [-0.39, 0.29) is 18.9 Å². The summed E-state index contributed by atoms with van der Waals surface area (Å²) in [5.74, 6) is 1.61. The highest BCUT2D eigenvalue weighted by Gasteiger charge is 2.32. The quantitative estimate of drug-likeness (QED) is 0.674. The van der Waals surface area contributed by atoms with Crippen molar-refractivity contribution in [3.63, 3.8) is 0 Å². The molecule has 0 saturated carbocycles. The van der Waals surface area contributed by atoms with Crippen molar-refractivity contribution in [2.75, 3.05) is 18.0 Å². The van der Waals surface area contributed by atoms with E-state index in [4.69, 9.17) is 4.42 Å². The zero-order valence-electron chi connectivity index (χ0n) is 15.8. The largest absolute Gasteiger partial charge is 0.462 e. The minimum atomic E-state index is -4.42. The summed E-state index contributed by atoms with van der Waals surface area (Å²) < 4.78 is 44.7. The number of rotatable bonds is 4. The van der Waals surface area contributed by atoms with Gasteiger partial charge >= 0.3 is 11.9 Å². The normalized spacial score (nSPS) is 17.3. The van der Waals surface area contributed by atoms with Crippen molar-refractivity contribution >= 4 is 22.7 Å². The number of anilines is 1. The lowest BCUT2D eigenvalue weighted by Crippen LogP contribution is -2.39. The highest BCUT2D eigenvalue weighted by molar-refractivity contribution is 7.12. The van der Waals surface area contributed by atoms with Crippen LogP contribution in [0.3, 0.4) is 0 Å². The molecule has 0 saturated heterocycles. The van der Waals surface area contributed by atoms with Crippen molar-refractivity contribution in [3.05, 3.63) is 68.3 Å². The average Bonchev–Trinajstić information content (AvgIpc) is 3.32. The van der Waals surface area contributed by atoms with Crippen LogP contribution in [-0.4, -0.2) is 39.1 Å². The van der Waals surface area contributed by atoms with Gasteiger partial charge in [-0.15, -0.1) is 11.3 Å². The van der Waals surface area contributed by atoms with E-state index in [9.17, 15) is 23.1 Å². The fourth-order valence-corrected chi connectivity index (χ4v) is 4.00. The number of aryl methyl sites for hydroxylation is 1. The summed E-state index contributed by atoms with van der Waals surface area (Å²) in [6, 6.07) is 5.90. The lowest BCUT2D eigenvalue weighted by Gasteiger charge is -2.30. The molecular weight excluding hydrogens is 421 g/mol. The summed E-state index contributed by atoms with van der Waals surface area (Å²) in [6.07, 6.45) is -2.09. The number of hydrogen-bond acceptors (Lipinski definition) is 7. The SMILES string of the molecule is Cc1ccc(C2=CCN(c3cnn(Cc4ccc(C(F)(F)F)s4)c(=O)n3)C[C@@H]2O)o1. The van der Waals surface area contributed by atoms with Gasteiger partial charge in [-0.2, -0.15) is 23.3 Å². The molecule has 4 heterocycles. The molecule has 0 radical (unpaired) electrons. The van der Waals surface area contributed by atoms with Gasteiger partial charge in [0.25, 0.3) is 0 Å². The predicted molar refractivity (Wildman–Crippen MR) is 104 cm³/mol. The lowest BCUT2D eigenvalue weighted by molar-refractivity contribution is -0.134. The van der Waals surface area contributed by atoms with Crippen LogP contribution in [0.25, 0.3) is 5.57 Å². The van der Waals surface area contributed by atoms with Gasteiger partial charge in [-0.3, -0.25) is 0 Å². The molecule has 1 aliphatic heterocycles. The van der Waals surface area contributed by atoms with E-state index in [0.29, 0.717) is 34.1 Å². The second-order valence-electron chi connectivity index (χ2n) is 6.81. The zero-order chi connectivity index (χ0) is 21.5. The molecule has 3 aromatic heterocycles. The summed E-state index contributed by atoms with van der Waals surface area (Å²) in [6.45, 7) is 2.31. The van der Waals surface area contributed by atoms with Crippen molar-refractivity contribution in [2.24, 2.45) is 0 Å². The number of β-amino-alcohol motifs (C(OH)–C–C–N with tert-alkyl or cyclic N) is 1. The van der Waals surface area contributed by atoms with E-state index in [1.807, 2.05) is 13.0 Å². The Morgan fingerprint density at radius 3 is 2.70 bits per heavy atom. The Hall–Kier alpha value is -2.92. The molecule has 1 aliphatic rings. The highest BCUT2D eigenvalue weighted by atomic mass is 32.1. The molecule has 0 fully saturated rings. The van der Waals surface area contributed by atoms with Crippen molar-refractivity contribution in [1.82, 2.24) is 14.8 Å². The minimum Gasteiger partial charge on any atom is -0.462 e. The monoisotopic (exact) mass is 438 g/mol. The van der Waals surface area contributed by atoms with E-state index in [1.54, 1.807) is 17.0 Å². The molecule has 158 valence electrons. The summed E-state index contributed by atoms with van der Waals surface area (Å²) in [5, 5.41) is 14.5. The predicted octanol–water partition coefficient (Wildman–Crippen LogP) is 2.93. The third-order valence-electron chi connectivity index (χ3n) is 4.62. The fraction of sp³-hybridized carbons (Fsp3) is 0.316. The van der Waals surface area contributed by atoms with Crippen molar-refractivity contribution < 1.29 is 22.7 Å². The molecule has 0 unspecified atom stereocenters. The Morgan fingerprint density at radius 2 is 2.10 bits per heavy atom. The third kappa shape index (κ3) is 4.17. The van der Waals surface area contributed by atoms with E-state index in [1.165, 1.54) is 12.3 Å². The fourth-order valence-electron chi connectivity index (χ4n) is 3.15.